The number of piperazine rings is 1. The number of rotatable bonds is 2. The standard InChI is InChI=1S/C13H12BrFN2O2/c14-9-5-8(15)3-4-10(9)17-6-11(18)16-12(13(17)19)7-1-2-7/h3-5,7,12H,1-2,6H2,(H,16,18). The Balaban J connectivity index is 1.93. The second-order valence-corrected chi connectivity index (χ2v) is 5.76. The minimum atomic E-state index is -0.432. The summed E-state index contributed by atoms with van der Waals surface area (Å²) in [5.41, 5.74) is 0.534. The fourth-order valence-electron chi connectivity index (χ4n) is 2.32. The van der Waals surface area contributed by atoms with E-state index in [0.717, 1.165) is 12.8 Å². The van der Waals surface area contributed by atoms with Crippen LogP contribution in [0.15, 0.2) is 22.7 Å². The lowest BCUT2D eigenvalue weighted by Gasteiger charge is -2.33. The van der Waals surface area contributed by atoms with Crippen molar-refractivity contribution in [3.05, 3.63) is 28.5 Å². The normalized spacial score (nSPS) is 23.5. The molecule has 1 saturated heterocycles. The van der Waals surface area contributed by atoms with Gasteiger partial charge in [-0.05, 0) is 52.9 Å². The highest BCUT2D eigenvalue weighted by Crippen LogP contribution is 2.36. The molecule has 1 aliphatic carbocycles. The topological polar surface area (TPSA) is 49.4 Å². The Bertz CT molecular complexity index is 560. The molecular weight excluding hydrogens is 315 g/mol. The lowest BCUT2D eigenvalue weighted by molar-refractivity contribution is -0.131. The molecule has 1 aromatic rings. The van der Waals surface area contributed by atoms with Gasteiger partial charge in [-0.3, -0.25) is 9.59 Å². The summed E-state index contributed by atoms with van der Waals surface area (Å²) in [5, 5.41) is 2.74. The Morgan fingerprint density at radius 2 is 2.05 bits per heavy atom. The number of carbonyl (C=O) groups excluding carboxylic acids is 2. The predicted molar refractivity (Wildman–Crippen MR) is 71.1 cm³/mol. The van der Waals surface area contributed by atoms with Gasteiger partial charge in [0.1, 0.15) is 18.4 Å². The number of hydrogen-bond donors (Lipinski definition) is 1. The molecule has 1 aromatic carbocycles. The van der Waals surface area contributed by atoms with E-state index in [9.17, 15) is 14.0 Å². The van der Waals surface area contributed by atoms with Crippen molar-refractivity contribution < 1.29 is 14.0 Å². The number of nitrogens with zero attached hydrogens (tertiary/aromatic N) is 1. The first-order valence-electron chi connectivity index (χ1n) is 6.12. The van der Waals surface area contributed by atoms with Crippen molar-refractivity contribution in [3.8, 4) is 0 Å². The summed E-state index contributed by atoms with van der Waals surface area (Å²) >= 11 is 3.24. The van der Waals surface area contributed by atoms with E-state index < -0.39 is 6.04 Å². The summed E-state index contributed by atoms with van der Waals surface area (Å²) < 4.78 is 13.6. The number of benzene rings is 1. The van der Waals surface area contributed by atoms with E-state index in [1.54, 1.807) is 0 Å². The lowest BCUT2D eigenvalue weighted by Crippen LogP contribution is -2.59. The minimum Gasteiger partial charge on any atom is -0.342 e. The van der Waals surface area contributed by atoms with E-state index in [2.05, 4.69) is 21.2 Å². The van der Waals surface area contributed by atoms with Crippen LogP contribution >= 0.6 is 15.9 Å². The molecule has 6 heteroatoms. The Kier molecular flexibility index (Phi) is 3.05. The van der Waals surface area contributed by atoms with Crippen LogP contribution in [-0.2, 0) is 9.59 Å². The van der Waals surface area contributed by atoms with Gasteiger partial charge in [0, 0.05) is 4.47 Å². The SMILES string of the molecule is O=C1CN(c2ccc(F)cc2Br)C(=O)C(C2CC2)N1. The number of hydrogen-bond acceptors (Lipinski definition) is 2. The zero-order chi connectivity index (χ0) is 13.6. The number of anilines is 1. The van der Waals surface area contributed by atoms with Crippen molar-refractivity contribution >= 4 is 33.4 Å². The van der Waals surface area contributed by atoms with Crippen molar-refractivity contribution in [3.63, 3.8) is 0 Å². The molecule has 2 fully saturated rings. The number of carbonyl (C=O) groups is 2. The van der Waals surface area contributed by atoms with Crippen LogP contribution in [0.4, 0.5) is 10.1 Å². The van der Waals surface area contributed by atoms with Gasteiger partial charge in [-0.1, -0.05) is 0 Å². The highest BCUT2D eigenvalue weighted by molar-refractivity contribution is 9.10. The molecule has 1 saturated carbocycles. The Labute approximate surface area is 118 Å². The van der Waals surface area contributed by atoms with Crippen molar-refractivity contribution in [1.82, 2.24) is 5.32 Å². The van der Waals surface area contributed by atoms with Gasteiger partial charge in [-0.25, -0.2) is 4.39 Å². The Hall–Kier alpha value is -1.43. The molecule has 1 aliphatic heterocycles. The molecule has 19 heavy (non-hydrogen) atoms. The number of halogens is 2. The van der Waals surface area contributed by atoms with E-state index in [-0.39, 0.29) is 30.1 Å². The van der Waals surface area contributed by atoms with Gasteiger partial charge >= 0.3 is 0 Å². The summed E-state index contributed by atoms with van der Waals surface area (Å²) in [6.07, 6.45) is 1.93. The van der Waals surface area contributed by atoms with Gasteiger partial charge in [0.05, 0.1) is 5.69 Å². The minimum absolute atomic E-state index is 0.0215. The van der Waals surface area contributed by atoms with Gasteiger partial charge in [0.2, 0.25) is 11.8 Å². The van der Waals surface area contributed by atoms with Gasteiger partial charge in [0.15, 0.2) is 0 Å². The molecule has 0 spiro atoms. The smallest absolute Gasteiger partial charge is 0.250 e. The average Bonchev–Trinajstić information content (AvgIpc) is 3.16. The molecule has 2 amide bonds. The molecule has 2 aliphatic rings. The van der Waals surface area contributed by atoms with E-state index in [0.29, 0.717) is 10.2 Å². The zero-order valence-electron chi connectivity index (χ0n) is 10.0. The number of nitrogens with one attached hydrogen (secondary N) is 1. The Morgan fingerprint density at radius 1 is 1.32 bits per heavy atom. The van der Waals surface area contributed by atoms with Crippen molar-refractivity contribution in [1.29, 1.82) is 0 Å². The third kappa shape index (κ3) is 2.36. The van der Waals surface area contributed by atoms with Crippen LogP contribution in [0.3, 0.4) is 0 Å². The fourth-order valence-corrected chi connectivity index (χ4v) is 2.89. The third-order valence-corrected chi connectivity index (χ3v) is 4.08. The molecule has 100 valence electrons. The van der Waals surface area contributed by atoms with Crippen LogP contribution < -0.4 is 10.2 Å². The lowest BCUT2D eigenvalue weighted by atomic mass is 10.1. The van der Waals surface area contributed by atoms with E-state index in [4.69, 9.17) is 0 Å². The van der Waals surface area contributed by atoms with Crippen molar-refractivity contribution in [2.24, 2.45) is 5.92 Å². The largest absolute Gasteiger partial charge is 0.342 e. The predicted octanol–water partition coefficient (Wildman–Crippen LogP) is 1.83. The van der Waals surface area contributed by atoms with Crippen LogP contribution in [0, 0.1) is 11.7 Å². The monoisotopic (exact) mass is 326 g/mol. The zero-order valence-corrected chi connectivity index (χ0v) is 11.6. The van der Waals surface area contributed by atoms with E-state index in [1.165, 1.54) is 23.1 Å². The summed E-state index contributed by atoms with van der Waals surface area (Å²) in [7, 11) is 0. The first kappa shape index (κ1) is 12.6. The molecule has 0 radical (unpaired) electrons. The van der Waals surface area contributed by atoms with Crippen molar-refractivity contribution in [2.75, 3.05) is 11.4 Å². The summed E-state index contributed by atoms with van der Waals surface area (Å²) in [6, 6.07) is 3.66. The molecule has 0 aromatic heterocycles. The van der Waals surface area contributed by atoms with Gasteiger partial charge in [0.25, 0.3) is 0 Å². The molecular formula is C13H12BrFN2O2. The average molecular weight is 327 g/mol. The molecule has 3 rings (SSSR count). The molecule has 1 unspecified atom stereocenters. The van der Waals surface area contributed by atoms with Gasteiger partial charge < -0.3 is 10.2 Å². The quantitative estimate of drug-likeness (QED) is 0.901. The molecule has 4 nitrogen and oxygen atoms in total. The van der Waals surface area contributed by atoms with E-state index >= 15 is 0 Å². The molecule has 0 bridgehead atoms. The summed E-state index contributed by atoms with van der Waals surface area (Å²) in [4.78, 5) is 25.5. The maximum atomic E-state index is 13.1. The Morgan fingerprint density at radius 3 is 2.68 bits per heavy atom. The maximum Gasteiger partial charge on any atom is 0.250 e. The first-order chi connectivity index (χ1) is 9.06. The van der Waals surface area contributed by atoms with Gasteiger partial charge in [-0.2, -0.15) is 0 Å². The fraction of sp³-hybridized carbons (Fsp3) is 0.385. The van der Waals surface area contributed by atoms with Crippen LogP contribution in [0.1, 0.15) is 12.8 Å². The maximum absolute atomic E-state index is 13.1. The number of amides is 2. The molecule has 1 atom stereocenters. The van der Waals surface area contributed by atoms with Crippen LogP contribution in [-0.4, -0.2) is 24.4 Å². The summed E-state index contributed by atoms with van der Waals surface area (Å²) in [5.74, 6) is -0.427. The summed E-state index contributed by atoms with van der Waals surface area (Å²) in [6.45, 7) is -0.0215. The second-order valence-electron chi connectivity index (χ2n) is 4.90. The van der Waals surface area contributed by atoms with Crippen LogP contribution in [0.25, 0.3) is 0 Å². The van der Waals surface area contributed by atoms with Crippen LogP contribution in [0.5, 0.6) is 0 Å². The highest BCUT2D eigenvalue weighted by atomic mass is 79.9. The molecule has 1 N–H and O–H groups in total. The first-order valence-corrected chi connectivity index (χ1v) is 6.91. The molecule has 1 heterocycles. The van der Waals surface area contributed by atoms with Gasteiger partial charge in [-0.15, -0.1) is 0 Å². The third-order valence-electron chi connectivity index (χ3n) is 3.44. The van der Waals surface area contributed by atoms with E-state index in [1.807, 2.05) is 0 Å². The van der Waals surface area contributed by atoms with Crippen molar-refractivity contribution in [2.45, 2.75) is 18.9 Å². The highest BCUT2D eigenvalue weighted by Gasteiger charge is 2.43. The van der Waals surface area contributed by atoms with Crippen LogP contribution in [0.2, 0.25) is 0 Å². The second kappa shape index (κ2) is 4.59.